The van der Waals surface area contributed by atoms with Gasteiger partial charge in [-0.25, -0.2) is 0 Å². The summed E-state index contributed by atoms with van der Waals surface area (Å²) < 4.78 is 0. The standard InChI is InChI=1S/C14H17NS.CH3NO/c1-4-11-8-14(12-6-7-16-9-12)15-10(3)13(11)5-2;2-1-3/h6-9H,4-5H2,1-3H3;1H,(H2,2,3). The molecule has 0 saturated carbocycles. The molecule has 0 fully saturated rings. The van der Waals surface area contributed by atoms with E-state index in [0.29, 0.717) is 0 Å². The van der Waals surface area contributed by atoms with Crippen molar-refractivity contribution in [3.63, 3.8) is 0 Å². The van der Waals surface area contributed by atoms with Crippen LogP contribution in [0.25, 0.3) is 11.3 Å². The molecule has 0 unspecified atom stereocenters. The van der Waals surface area contributed by atoms with E-state index in [0.717, 1.165) is 18.5 Å². The molecule has 0 radical (unpaired) electrons. The summed E-state index contributed by atoms with van der Waals surface area (Å²) in [5.74, 6) is 0. The van der Waals surface area contributed by atoms with Crippen molar-refractivity contribution in [2.24, 2.45) is 5.73 Å². The number of thiophene rings is 1. The summed E-state index contributed by atoms with van der Waals surface area (Å²) in [6.45, 7) is 6.53. The highest BCUT2D eigenvalue weighted by molar-refractivity contribution is 7.08. The highest BCUT2D eigenvalue weighted by Gasteiger charge is 2.08. The lowest BCUT2D eigenvalue weighted by molar-refractivity contribution is -0.106. The van der Waals surface area contributed by atoms with Crippen LogP contribution in [-0.2, 0) is 17.6 Å². The van der Waals surface area contributed by atoms with Crippen molar-refractivity contribution < 1.29 is 4.79 Å². The summed E-state index contributed by atoms with van der Waals surface area (Å²) in [7, 11) is 0. The number of nitrogens with two attached hydrogens (primary N) is 1. The molecule has 0 saturated heterocycles. The summed E-state index contributed by atoms with van der Waals surface area (Å²) in [5, 5.41) is 4.26. The van der Waals surface area contributed by atoms with Gasteiger partial charge in [0, 0.05) is 16.6 Å². The fourth-order valence-electron chi connectivity index (χ4n) is 2.12. The maximum Gasteiger partial charge on any atom is 0.204 e. The fraction of sp³-hybridized carbons (Fsp3) is 0.333. The molecule has 4 heteroatoms. The molecule has 19 heavy (non-hydrogen) atoms. The first-order valence-corrected chi connectivity index (χ1v) is 7.29. The lowest BCUT2D eigenvalue weighted by atomic mass is 10.00. The number of nitrogens with zero attached hydrogens (tertiary/aromatic N) is 1. The Labute approximate surface area is 118 Å². The number of primary amides is 1. The van der Waals surface area contributed by atoms with E-state index in [1.54, 1.807) is 11.3 Å². The normalized spacial score (nSPS) is 9.63. The van der Waals surface area contributed by atoms with Gasteiger partial charge in [-0.3, -0.25) is 9.78 Å². The predicted molar refractivity (Wildman–Crippen MR) is 81.3 cm³/mol. The molecule has 2 rings (SSSR count). The minimum atomic E-state index is 0.250. The Bertz CT molecular complexity index is 521. The maximum atomic E-state index is 8.58. The van der Waals surface area contributed by atoms with Gasteiger partial charge in [0.1, 0.15) is 0 Å². The molecule has 2 N–H and O–H groups in total. The predicted octanol–water partition coefficient (Wildman–Crippen LogP) is 3.34. The van der Waals surface area contributed by atoms with Crippen molar-refractivity contribution in [3.05, 3.63) is 39.7 Å². The molecule has 0 aliphatic carbocycles. The smallest absolute Gasteiger partial charge is 0.204 e. The van der Waals surface area contributed by atoms with Crippen LogP contribution in [0.5, 0.6) is 0 Å². The van der Waals surface area contributed by atoms with Crippen LogP contribution in [0.1, 0.15) is 30.7 Å². The van der Waals surface area contributed by atoms with Gasteiger partial charge in [-0.2, -0.15) is 11.3 Å². The zero-order valence-corrected chi connectivity index (χ0v) is 12.5. The first-order chi connectivity index (χ1) is 9.17. The van der Waals surface area contributed by atoms with Crippen LogP contribution in [0.3, 0.4) is 0 Å². The van der Waals surface area contributed by atoms with Gasteiger partial charge >= 0.3 is 0 Å². The van der Waals surface area contributed by atoms with Crippen LogP contribution >= 0.6 is 11.3 Å². The quantitative estimate of drug-likeness (QED) is 0.874. The first kappa shape index (κ1) is 15.4. The van der Waals surface area contributed by atoms with E-state index in [9.17, 15) is 0 Å². The van der Waals surface area contributed by atoms with Crippen molar-refractivity contribution in [2.75, 3.05) is 0 Å². The second kappa shape index (κ2) is 7.69. The van der Waals surface area contributed by atoms with Gasteiger partial charge < -0.3 is 5.73 Å². The summed E-state index contributed by atoms with van der Waals surface area (Å²) >= 11 is 1.72. The van der Waals surface area contributed by atoms with Gasteiger partial charge in [0.05, 0.1) is 5.69 Å². The Kier molecular flexibility index (Phi) is 6.22. The molecule has 2 aromatic heterocycles. The molecular weight excluding hydrogens is 256 g/mol. The summed E-state index contributed by atoms with van der Waals surface area (Å²) in [6, 6.07) is 4.38. The van der Waals surface area contributed by atoms with E-state index in [4.69, 9.17) is 9.78 Å². The molecule has 2 aromatic rings. The lowest BCUT2D eigenvalue weighted by Gasteiger charge is -2.11. The topological polar surface area (TPSA) is 56.0 Å². The van der Waals surface area contributed by atoms with Gasteiger partial charge in [-0.15, -0.1) is 0 Å². The number of aromatic nitrogens is 1. The minimum Gasteiger partial charge on any atom is -0.372 e. The maximum absolute atomic E-state index is 8.58. The second-order valence-corrected chi connectivity index (χ2v) is 4.87. The molecule has 0 bridgehead atoms. The van der Waals surface area contributed by atoms with Crippen molar-refractivity contribution in [1.29, 1.82) is 0 Å². The Morgan fingerprint density at radius 3 is 2.53 bits per heavy atom. The number of aryl methyl sites for hydroxylation is 2. The number of carbonyl (C=O) groups excluding carboxylic acids is 1. The van der Waals surface area contributed by atoms with Crippen LogP contribution in [-0.4, -0.2) is 11.4 Å². The average molecular weight is 276 g/mol. The van der Waals surface area contributed by atoms with Crippen LogP contribution in [0.15, 0.2) is 22.9 Å². The van der Waals surface area contributed by atoms with Crippen LogP contribution < -0.4 is 5.73 Å². The Morgan fingerprint density at radius 1 is 1.37 bits per heavy atom. The Morgan fingerprint density at radius 2 is 2.05 bits per heavy atom. The molecule has 0 aromatic carbocycles. The molecule has 1 amide bonds. The van der Waals surface area contributed by atoms with E-state index >= 15 is 0 Å². The zero-order chi connectivity index (χ0) is 14.3. The van der Waals surface area contributed by atoms with Gasteiger partial charge in [-0.05, 0) is 48.4 Å². The molecule has 2 heterocycles. The number of pyridine rings is 1. The van der Waals surface area contributed by atoms with Gasteiger partial charge in [0.2, 0.25) is 6.41 Å². The average Bonchev–Trinajstić information content (AvgIpc) is 2.92. The van der Waals surface area contributed by atoms with Crippen molar-refractivity contribution in [3.8, 4) is 11.3 Å². The Balaban J connectivity index is 0.000000550. The van der Waals surface area contributed by atoms with E-state index in [1.165, 1.54) is 22.4 Å². The molecular formula is C15H20N2OS. The van der Waals surface area contributed by atoms with E-state index < -0.39 is 0 Å². The summed E-state index contributed by atoms with van der Waals surface area (Å²) in [4.78, 5) is 13.3. The van der Waals surface area contributed by atoms with Crippen LogP contribution in [0.4, 0.5) is 0 Å². The second-order valence-electron chi connectivity index (χ2n) is 4.09. The molecule has 0 aliphatic heterocycles. The van der Waals surface area contributed by atoms with E-state index in [-0.39, 0.29) is 6.41 Å². The highest BCUT2D eigenvalue weighted by Crippen LogP contribution is 2.24. The SMILES string of the molecule is CCc1cc(-c2ccsc2)nc(C)c1CC.NC=O. The molecule has 0 atom stereocenters. The minimum absolute atomic E-state index is 0.250. The summed E-state index contributed by atoms with van der Waals surface area (Å²) in [5.41, 5.74) is 10.6. The van der Waals surface area contributed by atoms with Crippen molar-refractivity contribution in [1.82, 2.24) is 4.98 Å². The molecule has 0 spiro atoms. The van der Waals surface area contributed by atoms with Crippen molar-refractivity contribution >= 4 is 17.7 Å². The molecule has 0 aliphatic rings. The Hall–Kier alpha value is -1.68. The summed E-state index contributed by atoms with van der Waals surface area (Å²) in [6.07, 6.45) is 2.41. The third-order valence-corrected chi connectivity index (χ3v) is 3.66. The molecule has 102 valence electrons. The van der Waals surface area contributed by atoms with Gasteiger partial charge in [0.15, 0.2) is 0 Å². The van der Waals surface area contributed by atoms with Gasteiger partial charge in [0.25, 0.3) is 0 Å². The highest BCUT2D eigenvalue weighted by atomic mass is 32.1. The largest absolute Gasteiger partial charge is 0.372 e. The van der Waals surface area contributed by atoms with Crippen LogP contribution in [0.2, 0.25) is 0 Å². The van der Waals surface area contributed by atoms with E-state index in [1.807, 2.05) is 0 Å². The monoisotopic (exact) mass is 276 g/mol. The number of hydrogen-bond acceptors (Lipinski definition) is 3. The third-order valence-electron chi connectivity index (χ3n) is 2.97. The van der Waals surface area contributed by atoms with Crippen molar-refractivity contribution in [2.45, 2.75) is 33.6 Å². The zero-order valence-electron chi connectivity index (χ0n) is 11.6. The number of hydrogen-bond donors (Lipinski definition) is 1. The third kappa shape index (κ3) is 3.89. The fourth-order valence-corrected chi connectivity index (χ4v) is 2.77. The number of carbonyl (C=O) groups is 1. The molecule has 3 nitrogen and oxygen atoms in total. The number of rotatable bonds is 3. The van der Waals surface area contributed by atoms with E-state index in [2.05, 4.69) is 49.4 Å². The lowest BCUT2D eigenvalue weighted by Crippen LogP contribution is -1.99. The van der Waals surface area contributed by atoms with Gasteiger partial charge in [-0.1, -0.05) is 13.8 Å². The first-order valence-electron chi connectivity index (χ1n) is 6.35. The van der Waals surface area contributed by atoms with Crippen LogP contribution in [0, 0.1) is 6.92 Å². The number of amides is 1.